The summed E-state index contributed by atoms with van der Waals surface area (Å²) < 4.78 is 4.82. The molecule has 1 aromatic carbocycles. The van der Waals surface area contributed by atoms with Crippen LogP contribution in [0.15, 0.2) is 24.3 Å². The Bertz CT molecular complexity index is 764. The Morgan fingerprint density at radius 1 is 1.38 bits per heavy atom. The zero-order valence-corrected chi connectivity index (χ0v) is 14.9. The second-order valence-corrected chi connectivity index (χ2v) is 6.31. The van der Waals surface area contributed by atoms with Crippen molar-refractivity contribution in [2.24, 2.45) is 0 Å². The molecule has 3 rings (SSSR count). The quantitative estimate of drug-likeness (QED) is 0.887. The van der Waals surface area contributed by atoms with Gasteiger partial charge in [-0.15, -0.1) is 10.2 Å². The highest BCUT2D eigenvalue weighted by atomic mass is 16.5. The molecule has 0 aliphatic carbocycles. The minimum atomic E-state index is -0.471. The lowest BCUT2D eigenvalue weighted by Gasteiger charge is -2.35. The lowest BCUT2D eigenvalue weighted by atomic mass is 10.0. The van der Waals surface area contributed by atoms with E-state index in [4.69, 9.17) is 4.74 Å². The minimum Gasteiger partial charge on any atom is -0.453 e. The molecule has 1 atom stereocenters. The summed E-state index contributed by atoms with van der Waals surface area (Å²) in [5.41, 5.74) is 1.77. The van der Waals surface area contributed by atoms with Crippen LogP contribution in [0, 0.1) is 0 Å². The van der Waals surface area contributed by atoms with Gasteiger partial charge in [-0.3, -0.25) is 9.69 Å². The predicted octanol–water partition coefficient (Wildman–Crippen LogP) is 1.45. The summed E-state index contributed by atoms with van der Waals surface area (Å²) >= 11 is 0. The summed E-state index contributed by atoms with van der Waals surface area (Å²) in [6, 6.07) is 7.17. The van der Waals surface area contributed by atoms with Gasteiger partial charge in [0.15, 0.2) is 0 Å². The molecule has 2 amide bonds. The number of nitrogens with zero attached hydrogens (tertiary/aromatic N) is 5. The molecular formula is C17H22N6O3. The topological polar surface area (TPSA) is 104 Å². The molecule has 0 radical (unpaired) electrons. The number of amides is 2. The number of likely N-dealkylation sites (tertiary alicyclic amines) is 1. The summed E-state index contributed by atoms with van der Waals surface area (Å²) in [6.07, 6.45) is 2.01. The summed E-state index contributed by atoms with van der Waals surface area (Å²) in [5, 5.41) is 13.9. The number of nitrogens with one attached hydrogen (secondary N) is 1. The molecule has 9 heteroatoms. The summed E-state index contributed by atoms with van der Waals surface area (Å²) in [4.78, 5) is 28.0. The van der Waals surface area contributed by atoms with Gasteiger partial charge in [-0.1, -0.05) is 18.2 Å². The van der Waals surface area contributed by atoms with Crippen LogP contribution < -0.4 is 0 Å². The van der Waals surface area contributed by atoms with E-state index in [0.717, 1.165) is 24.0 Å². The highest BCUT2D eigenvalue weighted by Gasteiger charge is 2.34. The van der Waals surface area contributed by atoms with Crippen molar-refractivity contribution in [3.05, 3.63) is 29.8 Å². The number of ether oxygens (including phenoxy) is 1. The normalized spacial score (nSPS) is 17.0. The van der Waals surface area contributed by atoms with E-state index >= 15 is 0 Å². The number of hydrogen-bond acceptors (Lipinski definition) is 6. The number of H-pyrrole nitrogens is 1. The molecule has 1 aliphatic heterocycles. The number of tetrazole rings is 1. The van der Waals surface area contributed by atoms with Gasteiger partial charge in [-0.25, -0.2) is 4.79 Å². The van der Waals surface area contributed by atoms with Crippen molar-refractivity contribution in [3.8, 4) is 11.4 Å². The first kappa shape index (κ1) is 17.8. The number of hydrogen-bond donors (Lipinski definition) is 1. The molecule has 0 unspecified atom stereocenters. The standard InChI is InChI=1S/C17H22N6O3/c1-22(16(24)14-8-3-4-9-23(14)17(25)26-2)11-12-6-5-7-13(10-12)15-18-20-21-19-15/h5-7,10,14H,3-4,8-9,11H2,1-2H3,(H,18,19,20,21)/t14-/m0/s1. The van der Waals surface area contributed by atoms with Gasteiger partial charge in [0.25, 0.3) is 0 Å². The average Bonchev–Trinajstić information content (AvgIpc) is 3.22. The maximum Gasteiger partial charge on any atom is 0.410 e. The van der Waals surface area contributed by atoms with Crippen molar-refractivity contribution in [2.75, 3.05) is 20.7 Å². The van der Waals surface area contributed by atoms with Crippen molar-refractivity contribution in [2.45, 2.75) is 31.8 Å². The molecule has 1 N–H and O–H groups in total. The van der Waals surface area contributed by atoms with Crippen LogP contribution in [0.3, 0.4) is 0 Å². The number of likely N-dealkylation sites (N-methyl/N-ethyl adjacent to an activating group) is 1. The van der Waals surface area contributed by atoms with E-state index in [1.807, 2.05) is 24.3 Å². The summed E-state index contributed by atoms with van der Waals surface area (Å²) in [5.74, 6) is 0.421. The molecule has 1 aromatic heterocycles. The lowest BCUT2D eigenvalue weighted by Crippen LogP contribution is -2.52. The van der Waals surface area contributed by atoms with Crippen LogP contribution in [-0.4, -0.2) is 69.2 Å². The highest BCUT2D eigenvalue weighted by molar-refractivity contribution is 5.85. The number of aromatic nitrogens is 4. The van der Waals surface area contributed by atoms with E-state index in [1.54, 1.807) is 11.9 Å². The number of rotatable bonds is 4. The molecule has 2 heterocycles. The third kappa shape index (κ3) is 3.81. The predicted molar refractivity (Wildman–Crippen MR) is 92.8 cm³/mol. The van der Waals surface area contributed by atoms with Gasteiger partial charge in [0.2, 0.25) is 11.7 Å². The third-order valence-electron chi connectivity index (χ3n) is 4.52. The summed E-state index contributed by atoms with van der Waals surface area (Å²) in [7, 11) is 3.08. The molecule has 0 spiro atoms. The Hall–Kier alpha value is -2.97. The molecule has 26 heavy (non-hydrogen) atoms. The number of methoxy groups -OCH3 is 1. The van der Waals surface area contributed by atoms with Gasteiger partial charge in [0.1, 0.15) is 6.04 Å². The first-order valence-electron chi connectivity index (χ1n) is 8.52. The number of carbonyl (C=O) groups excluding carboxylic acids is 2. The second-order valence-electron chi connectivity index (χ2n) is 6.31. The number of carbonyl (C=O) groups is 2. The van der Waals surface area contributed by atoms with Gasteiger partial charge in [0.05, 0.1) is 7.11 Å². The summed E-state index contributed by atoms with van der Waals surface area (Å²) in [6.45, 7) is 0.972. The number of aromatic amines is 1. The highest BCUT2D eigenvalue weighted by Crippen LogP contribution is 2.21. The molecule has 9 nitrogen and oxygen atoms in total. The molecule has 1 saturated heterocycles. The smallest absolute Gasteiger partial charge is 0.410 e. The zero-order chi connectivity index (χ0) is 18.5. The largest absolute Gasteiger partial charge is 0.453 e. The first-order valence-corrected chi connectivity index (χ1v) is 8.52. The van der Waals surface area contributed by atoms with Crippen molar-refractivity contribution in [1.29, 1.82) is 0 Å². The Morgan fingerprint density at radius 2 is 2.23 bits per heavy atom. The van der Waals surface area contributed by atoms with Gasteiger partial charge in [0, 0.05) is 25.7 Å². The van der Waals surface area contributed by atoms with Crippen molar-refractivity contribution >= 4 is 12.0 Å². The van der Waals surface area contributed by atoms with Crippen molar-refractivity contribution < 1.29 is 14.3 Å². The van der Waals surface area contributed by atoms with Crippen LogP contribution in [0.4, 0.5) is 4.79 Å². The van der Waals surface area contributed by atoms with Gasteiger partial charge >= 0.3 is 6.09 Å². The molecule has 0 bridgehead atoms. The minimum absolute atomic E-state index is 0.0833. The van der Waals surface area contributed by atoms with Crippen LogP contribution in [-0.2, 0) is 16.1 Å². The SMILES string of the molecule is COC(=O)N1CCCC[C@H]1C(=O)N(C)Cc1cccc(-c2nn[nH]n2)c1. The molecule has 0 saturated carbocycles. The average molecular weight is 358 g/mol. The monoisotopic (exact) mass is 358 g/mol. The third-order valence-corrected chi connectivity index (χ3v) is 4.52. The molecule has 1 aliphatic rings. The maximum absolute atomic E-state index is 12.9. The van der Waals surface area contributed by atoms with E-state index < -0.39 is 12.1 Å². The fourth-order valence-corrected chi connectivity index (χ4v) is 3.22. The van der Waals surface area contributed by atoms with E-state index in [1.165, 1.54) is 12.0 Å². The van der Waals surface area contributed by atoms with Crippen LogP contribution in [0.5, 0.6) is 0 Å². The maximum atomic E-state index is 12.9. The molecule has 138 valence electrons. The van der Waals surface area contributed by atoms with Gasteiger partial charge in [-0.2, -0.15) is 5.21 Å². The Labute approximate surface area is 151 Å². The number of benzene rings is 1. The van der Waals surface area contributed by atoms with E-state index in [0.29, 0.717) is 25.3 Å². The van der Waals surface area contributed by atoms with Crippen molar-refractivity contribution in [1.82, 2.24) is 30.4 Å². The Kier molecular flexibility index (Phi) is 5.45. The molecular weight excluding hydrogens is 336 g/mol. The fourth-order valence-electron chi connectivity index (χ4n) is 3.22. The zero-order valence-electron chi connectivity index (χ0n) is 14.9. The Balaban J connectivity index is 1.71. The first-order chi connectivity index (χ1) is 12.6. The van der Waals surface area contributed by atoms with Crippen LogP contribution in [0.25, 0.3) is 11.4 Å². The van der Waals surface area contributed by atoms with Crippen LogP contribution in [0.2, 0.25) is 0 Å². The van der Waals surface area contributed by atoms with Gasteiger partial charge < -0.3 is 9.64 Å². The second kappa shape index (κ2) is 7.94. The van der Waals surface area contributed by atoms with E-state index in [2.05, 4.69) is 20.6 Å². The Morgan fingerprint density at radius 3 is 2.96 bits per heavy atom. The number of piperidine rings is 1. The van der Waals surface area contributed by atoms with E-state index in [-0.39, 0.29) is 5.91 Å². The van der Waals surface area contributed by atoms with Crippen LogP contribution in [0.1, 0.15) is 24.8 Å². The molecule has 2 aromatic rings. The molecule has 1 fully saturated rings. The van der Waals surface area contributed by atoms with E-state index in [9.17, 15) is 9.59 Å². The fraction of sp³-hybridized carbons (Fsp3) is 0.471. The van der Waals surface area contributed by atoms with Crippen molar-refractivity contribution in [3.63, 3.8) is 0 Å². The lowest BCUT2D eigenvalue weighted by molar-refractivity contribution is -0.136. The van der Waals surface area contributed by atoms with Gasteiger partial charge in [-0.05, 0) is 36.1 Å². The van der Waals surface area contributed by atoms with Crippen LogP contribution >= 0.6 is 0 Å².